The molecule has 53 heavy (non-hydrogen) atoms. The number of aryl methyl sites for hydroxylation is 1. The predicted molar refractivity (Wildman–Crippen MR) is 205 cm³/mol. The van der Waals surface area contributed by atoms with Crippen LogP contribution >= 0.6 is 0 Å². The molecule has 2 aromatic carbocycles. The van der Waals surface area contributed by atoms with Gasteiger partial charge in [-0.25, -0.2) is 0 Å². The van der Waals surface area contributed by atoms with Crippen LogP contribution in [0.3, 0.4) is 0 Å². The molecule has 0 bridgehead atoms. The topological polar surface area (TPSA) is 152 Å². The number of Topliss-reactive ketones (excluding diaryl/α,β-unsaturated/α-hetero) is 1. The number of likely N-dealkylation sites (N-methyl/N-ethyl adjacent to an activating group) is 1. The first-order chi connectivity index (χ1) is 25.2. The summed E-state index contributed by atoms with van der Waals surface area (Å²) < 4.78 is 5.41. The van der Waals surface area contributed by atoms with Crippen LogP contribution in [0.25, 0.3) is 0 Å². The number of ketones is 1. The van der Waals surface area contributed by atoms with E-state index in [4.69, 9.17) is 4.74 Å². The van der Waals surface area contributed by atoms with Crippen LogP contribution in [0.15, 0.2) is 60.7 Å². The molecule has 12 nitrogen and oxygen atoms in total. The number of carbonyl (C=O) groups excluding carboxylic acids is 5. The number of piperazine rings is 1. The van der Waals surface area contributed by atoms with E-state index in [1.807, 2.05) is 88.4 Å². The summed E-state index contributed by atoms with van der Waals surface area (Å²) in [6.45, 7) is 13.3. The number of hydrogen-bond acceptors (Lipinski definition) is 8. The fraction of sp³-hybridized carbons (Fsp3) is 0.585. The van der Waals surface area contributed by atoms with Gasteiger partial charge in [0.15, 0.2) is 5.78 Å². The van der Waals surface area contributed by atoms with Crippen molar-refractivity contribution in [1.29, 1.82) is 0 Å². The lowest BCUT2D eigenvalue weighted by Crippen LogP contribution is -2.59. The molecule has 0 aliphatic carbocycles. The summed E-state index contributed by atoms with van der Waals surface area (Å²) >= 11 is 0. The minimum atomic E-state index is -1.02. The average Bonchev–Trinajstić information content (AvgIpc) is 3.88. The number of nitrogens with zero attached hydrogens (tertiary/aromatic N) is 2. The molecule has 0 radical (unpaired) electrons. The SMILES string of the molecule is CC(C)C[C@H](NC(=O)[C@H](CCc1ccccc1)NC(=O)CN1CCN(C)CC1)C(=O)N[C@@H](Cc1ccccc1)C(=O)N[C@@H](CC(C)C)C(=O)[C@@]1(C)CO1. The average molecular weight is 733 g/mol. The zero-order valence-electron chi connectivity index (χ0n) is 32.4. The molecule has 4 amide bonds. The van der Waals surface area contributed by atoms with Crippen LogP contribution in [0.1, 0.15) is 65.0 Å². The number of benzene rings is 2. The highest BCUT2D eigenvalue weighted by molar-refractivity contribution is 5.98. The van der Waals surface area contributed by atoms with Crippen LogP contribution in [0.2, 0.25) is 0 Å². The van der Waals surface area contributed by atoms with Crippen LogP contribution < -0.4 is 21.3 Å². The molecule has 0 saturated carbocycles. The maximum atomic E-state index is 14.1. The van der Waals surface area contributed by atoms with Gasteiger partial charge in [-0.15, -0.1) is 0 Å². The van der Waals surface area contributed by atoms with Gasteiger partial charge in [-0.3, -0.25) is 28.9 Å². The number of hydrogen-bond donors (Lipinski definition) is 4. The van der Waals surface area contributed by atoms with Gasteiger partial charge < -0.3 is 30.9 Å². The molecule has 4 N–H and O–H groups in total. The van der Waals surface area contributed by atoms with E-state index in [2.05, 4.69) is 38.1 Å². The normalized spacial score (nSPS) is 19.8. The van der Waals surface area contributed by atoms with Crippen LogP contribution in [0.5, 0.6) is 0 Å². The first-order valence-corrected chi connectivity index (χ1v) is 19.1. The fourth-order valence-electron chi connectivity index (χ4n) is 6.57. The minimum Gasteiger partial charge on any atom is -0.361 e. The second kappa shape index (κ2) is 19.8. The molecule has 290 valence electrons. The van der Waals surface area contributed by atoms with E-state index in [1.165, 1.54) is 0 Å². The van der Waals surface area contributed by atoms with Crippen molar-refractivity contribution in [3.8, 4) is 0 Å². The number of amides is 4. The first-order valence-electron chi connectivity index (χ1n) is 19.1. The Hall–Kier alpha value is -4.13. The van der Waals surface area contributed by atoms with Crippen LogP contribution in [0.4, 0.5) is 0 Å². The Kier molecular flexibility index (Phi) is 15.6. The second-order valence-corrected chi connectivity index (χ2v) is 15.7. The second-order valence-electron chi connectivity index (χ2n) is 15.7. The van der Waals surface area contributed by atoms with Crippen molar-refractivity contribution in [3.63, 3.8) is 0 Å². The summed E-state index contributed by atoms with van der Waals surface area (Å²) in [4.78, 5) is 73.0. The zero-order valence-corrected chi connectivity index (χ0v) is 32.4. The Bertz CT molecular complexity index is 1510. The van der Waals surface area contributed by atoms with E-state index in [-0.39, 0.29) is 36.5 Å². The van der Waals surface area contributed by atoms with Crippen LogP contribution in [-0.2, 0) is 41.6 Å². The van der Waals surface area contributed by atoms with Crippen molar-refractivity contribution in [1.82, 2.24) is 31.1 Å². The molecule has 12 heteroatoms. The Morgan fingerprint density at radius 3 is 1.74 bits per heavy atom. The van der Waals surface area contributed by atoms with E-state index in [0.717, 1.165) is 37.3 Å². The van der Waals surface area contributed by atoms with Gasteiger partial charge in [0.05, 0.1) is 19.2 Å². The smallest absolute Gasteiger partial charge is 0.243 e. The van der Waals surface area contributed by atoms with Crippen LogP contribution in [0, 0.1) is 11.8 Å². The molecule has 2 heterocycles. The summed E-state index contributed by atoms with van der Waals surface area (Å²) in [7, 11) is 2.05. The summed E-state index contributed by atoms with van der Waals surface area (Å²) in [5.74, 6) is -1.76. The van der Waals surface area contributed by atoms with Crippen molar-refractivity contribution in [2.24, 2.45) is 11.8 Å². The molecule has 5 atom stereocenters. The summed E-state index contributed by atoms with van der Waals surface area (Å²) in [6, 6.07) is 15.4. The van der Waals surface area contributed by atoms with Gasteiger partial charge in [0.1, 0.15) is 23.7 Å². The van der Waals surface area contributed by atoms with Crippen molar-refractivity contribution in [3.05, 3.63) is 71.8 Å². The molecule has 4 rings (SSSR count). The standard InChI is InChI=1S/C41H60N6O6/c1-28(2)23-33(37(49)41(5)27-53-41)43-40(52)35(25-31-15-11-8-12-16-31)45-39(51)34(24-29(3)4)44-38(50)32(18-17-30-13-9-7-10-14-30)42-36(48)26-47-21-19-46(6)20-22-47/h7-16,28-29,32-35H,17-27H2,1-6H3,(H,42,48)(H,43,52)(H,44,50)(H,45,51)/t32-,33-,34-,35-,41+/m0/s1. The van der Waals surface area contributed by atoms with Gasteiger partial charge in [0.2, 0.25) is 23.6 Å². The van der Waals surface area contributed by atoms with E-state index in [1.54, 1.807) is 6.92 Å². The quantitative estimate of drug-likeness (QED) is 0.152. The first kappa shape index (κ1) is 41.6. The zero-order chi connectivity index (χ0) is 38.5. The maximum absolute atomic E-state index is 14.1. The van der Waals surface area contributed by atoms with Gasteiger partial charge in [0, 0.05) is 32.6 Å². The Morgan fingerprint density at radius 2 is 1.17 bits per heavy atom. The number of nitrogens with one attached hydrogen (secondary N) is 4. The third-order valence-corrected chi connectivity index (χ3v) is 9.87. The van der Waals surface area contributed by atoms with Gasteiger partial charge in [-0.1, -0.05) is 88.4 Å². The lowest BCUT2D eigenvalue weighted by atomic mass is 9.93. The van der Waals surface area contributed by atoms with Crippen molar-refractivity contribution in [2.75, 3.05) is 46.4 Å². The molecular weight excluding hydrogens is 672 g/mol. The van der Waals surface area contributed by atoms with Crippen LogP contribution in [-0.4, -0.2) is 115 Å². The molecule has 2 aliphatic rings. The Balaban J connectivity index is 1.51. The van der Waals surface area contributed by atoms with E-state index >= 15 is 0 Å². The number of ether oxygens (including phenoxy) is 1. The van der Waals surface area contributed by atoms with Crippen molar-refractivity contribution < 1.29 is 28.7 Å². The van der Waals surface area contributed by atoms with Gasteiger partial charge in [-0.05, 0) is 62.6 Å². The molecule has 2 fully saturated rings. The number of epoxide rings is 1. The molecule has 0 unspecified atom stereocenters. The highest BCUT2D eigenvalue weighted by Crippen LogP contribution is 2.29. The van der Waals surface area contributed by atoms with E-state index in [9.17, 15) is 24.0 Å². The van der Waals surface area contributed by atoms with Crippen molar-refractivity contribution >= 4 is 29.4 Å². The number of carbonyl (C=O) groups is 5. The third kappa shape index (κ3) is 13.7. The summed E-state index contributed by atoms with van der Waals surface area (Å²) in [5, 5.41) is 11.7. The minimum absolute atomic E-state index is 0.0226. The Morgan fingerprint density at radius 1 is 0.679 bits per heavy atom. The Labute approximate surface area is 315 Å². The fourth-order valence-corrected chi connectivity index (χ4v) is 6.57. The van der Waals surface area contributed by atoms with E-state index in [0.29, 0.717) is 32.3 Å². The summed E-state index contributed by atoms with van der Waals surface area (Å²) in [5.41, 5.74) is 0.932. The molecule has 0 spiro atoms. The molecular formula is C41H60N6O6. The molecule has 0 aromatic heterocycles. The van der Waals surface area contributed by atoms with Gasteiger partial charge in [-0.2, -0.15) is 0 Å². The van der Waals surface area contributed by atoms with Gasteiger partial charge in [0.25, 0.3) is 0 Å². The van der Waals surface area contributed by atoms with Gasteiger partial charge >= 0.3 is 0 Å². The summed E-state index contributed by atoms with van der Waals surface area (Å²) in [6.07, 6.45) is 1.80. The highest BCUT2D eigenvalue weighted by atomic mass is 16.6. The third-order valence-electron chi connectivity index (χ3n) is 9.87. The maximum Gasteiger partial charge on any atom is 0.243 e. The number of rotatable bonds is 20. The highest BCUT2D eigenvalue weighted by Gasteiger charge is 2.50. The molecule has 2 saturated heterocycles. The molecule has 2 aromatic rings. The monoisotopic (exact) mass is 732 g/mol. The lowest BCUT2D eigenvalue weighted by Gasteiger charge is -2.32. The van der Waals surface area contributed by atoms with Crippen molar-refractivity contribution in [2.45, 2.75) is 96.5 Å². The lowest BCUT2D eigenvalue weighted by molar-refractivity contribution is -0.135. The largest absolute Gasteiger partial charge is 0.361 e. The predicted octanol–water partition coefficient (Wildman–Crippen LogP) is 2.50. The molecule has 2 aliphatic heterocycles. The van der Waals surface area contributed by atoms with E-state index < -0.39 is 47.5 Å².